The van der Waals surface area contributed by atoms with Gasteiger partial charge in [0.2, 0.25) is 0 Å². The van der Waals surface area contributed by atoms with Crippen LogP contribution in [-0.2, 0) is 4.74 Å². The van der Waals surface area contributed by atoms with Crippen LogP contribution in [0.2, 0.25) is 0 Å². The average molecular weight is 482 g/mol. The molecule has 4 rings (SSSR count). The summed E-state index contributed by atoms with van der Waals surface area (Å²) in [6.07, 6.45) is 0. The van der Waals surface area contributed by atoms with E-state index in [1.807, 2.05) is 0 Å². The van der Waals surface area contributed by atoms with Crippen LogP contribution < -0.4 is 10.9 Å². The normalized spacial score (nSPS) is 10.8. The molecule has 2 aromatic heterocycles. The minimum absolute atomic E-state index is 0.00940. The van der Waals surface area contributed by atoms with Crippen LogP contribution in [-0.4, -0.2) is 33.2 Å². The molecule has 34 heavy (non-hydrogen) atoms. The topological polar surface area (TPSA) is 133 Å². The number of nitrogens with zero attached hydrogens (tertiary/aromatic N) is 3. The van der Waals surface area contributed by atoms with Crippen LogP contribution in [0, 0.1) is 15.9 Å². The molecule has 0 aliphatic rings. The smallest absolute Gasteiger partial charge is 0.359 e. The Morgan fingerprint density at radius 2 is 2.00 bits per heavy atom. The van der Waals surface area contributed by atoms with Crippen LogP contribution in [0.4, 0.5) is 15.1 Å². The van der Waals surface area contributed by atoms with Gasteiger partial charge in [-0.2, -0.15) is 9.78 Å². The molecule has 1 amide bonds. The molecule has 0 fully saturated rings. The van der Waals surface area contributed by atoms with Gasteiger partial charge in [0.1, 0.15) is 16.5 Å². The molecule has 0 bridgehead atoms. The second kappa shape index (κ2) is 9.19. The van der Waals surface area contributed by atoms with Gasteiger partial charge in [-0.25, -0.2) is 9.18 Å². The summed E-state index contributed by atoms with van der Waals surface area (Å²) in [5.41, 5.74) is -1.48. The fourth-order valence-electron chi connectivity index (χ4n) is 3.21. The Hall–Kier alpha value is -4.45. The molecule has 0 spiro atoms. The van der Waals surface area contributed by atoms with Gasteiger partial charge >= 0.3 is 5.97 Å². The minimum atomic E-state index is -0.827. The van der Waals surface area contributed by atoms with Crippen molar-refractivity contribution in [2.24, 2.45) is 0 Å². The van der Waals surface area contributed by atoms with E-state index in [2.05, 4.69) is 10.4 Å². The highest BCUT2D eigenvalue weighted by Gasteiger charge is 2.24. The third kappa shape index (κ3) is 4.13. The van der Waals surface area contributed by atoms with Gasteiger partial charge in [0.15, 0.2) is 5.69 Å². The van der Waals surface area contributed by atoms with Crippen LogP contribution in [0.5, 0.6) is 0 Å². The van der Waals surface area contributed by atoms with E-state index in [0.717, 1.165) is 28.2 Å². The number of hydrogen-bond acceptors (Lipinski definition) is 8. The molecule has 2 heterocycles. The van der Waals surface area contributed by atoms with Gasteiger partial charge < -0.3 is 10.1 Å². The highest BCUT2D eigenvalue weighted by atomic mass is 32.1. The van der Waals surface area contributed by atoms with Crippen molar-refractivity contribution in [1.82, 2.24) is 9.78 Å². The van der Waals surface area contributed by atoms with E-state index in [1.165, 1.54) is 41.8 Å². The molecule has 0 unspecified atom stereocenters. The van der Waals surface area contributed by atoms with Crippen LogP contribution in [0.1, 0.15) is 27.8 Å². The summed E-state index contributed by atoms with van der Waals surface area (Å²) in [5.74, 6) is -2.28. The number of amides is 1. The Kier molecular flexibility index (Phi) is 6.15. The summed E-state index contributed by atoms with van der Waals surface area (Å²) in [6, 6.07) is 10.4. The van der Waals surface area contributed by atoms with E-state index in [9.17, 15) is 28.9 Å². The highest BCUT2D eigenvalue weighted by molar-refractivity contribution is 7.16. The molecule has 0 saturated heterocycles. The van der Waals surface area contributed by atoms with Crippen LogP contribution in [0.15, 0.2) is 58.7 Å². The van der Waals surface area contributed by atoms with Crippen molar-refractivity contribution in [1.29, 1.82) is 0 Å². The van der Waals surface area contributed by atoms with Crippen molar-refractivity contribution < 1.29 is 23.6 Å². The number of carbonyl (C=O) groups excluding carboxylic acids is 2. The number of anilines is 1. The maximum absolute atomic E-state index is 14.5. The standard InChI is InChI=1S/C22H15FN4O6S/c1-2-33-22(30)18-14-11-34-20(24-19(28)12-6-5-7-13(10-12)27(31)32)17(14)21(29)26(25-18)16-9-4-3-8-15(16)23/h3-11H,2H2,1H3,(H,24,28). The van der Waals surface area contributed by atoms with Crippen LogP contribution >= 0.6 is 11.3 Å². The predicted octanol–water partition coefficient (Wildman–Crippen LogP) is 3.92. The number of hydrogen-bond donors (Lipinski definition) is 1. The van der Waals surface area contributed by atoms with Crippen molar-refractivity contribution in [3.8, 4) is 5.69 Å². The number of non-ortho nitro benzene ring substituents is 1. The van der Waals surface area contributed by atoms with E-state index in [0.29, 0.717) is 0 Å². The molecule has 10 nitrogen and oxygen atoms in total. The number of aromatic nitrogens is 2. The number of ether oxygens (including phenoxy) is 1. The van der Waals surface area contributed by atoms with E-state index >= 15 is 0 Å². The predicted molar refractivity (Wildman–Crippen MR) is 122 cm³/mol. The van der Waals surface area contributed by atoms with Crippen molar-refractivity contribution in [3.63, 3.8) is 0 Å². The number of benzene rings is 2. The first kappa shape index (κ1) is 22.7. The number of esters is 1. The van der Waals surface area contributed by atoms with Crippen LogP contribution in [0.25, 0.3) is 16.5 Å². The number of nitro groups is 1. The summed E-state index contributed by atoms with van der Waals surface area (Å²) >= 11 is 0.948. The summed E-state index contributed by atoms with van der Waals surface area (Å²) in [5, 5.41) is 19.2. The molecule has 12 heteroatoms. The van der Waals surface area contributed by atoms with E-state index in [-0.39, 0.29) is 45.0 Å². The molecule has 4 aromatic rings. The summed E-state index contributed by atoms with van der Waals surface area (Å²) < 4.78 is 20.2. The molecule has 1 N–H and O–H groups in total. The fraction of sp³-hybridized carbons (Fsp3) is 0.0909. The minimum Gasteiger partial charge on any atom is -0.461 e. The number of thiophene rings is 1. The number of rotatable bonds is 6. The summed E-state index contributed by atoms with van der Waals surface area (Å²) in [7, 11) is 0. The SMILES string of the molecule is CCOC(=O)c1nn(-c2ccccc2F)c(=O)c2c(NC(=O)c3cccc([N+](=O)[O-])c3)scc12. The second-order valence-electron chi connectivity index (χ2n) is 6.85. The van der Waals surface area contributed by atoms with Gasteiger partial charge in [0, 0.05) is 28.5 Å². The maximum atomic E-state index is 14.5. The van der Waals surface area contributed by atoms with Gasteiger partial charge in [-0.1, -0.05) is 18.2 Å². The fourth-order valence-corrected chi connectivity index (χ4v) is 4.15. The van der Waals surface area contributed by atoms with Gasteiger partial charge in [-0.05, 0) is 25.1 Å². The first-order chi connectivity index (χ1) is 16.3. The number of para-hydroxylation sites is 1. The lowest BCUT2D eigenvalue weighted by Crippen LogP contribution is -2.26. The third-order valence-corrected chi connectivity index (χ3v) is 5.64. The quantitative estimate of drug-likeness (QED) is 0.250. The molecular formula is C22H15FN4O6S. The van der Waals surface area contributed by atoms with E-state index < -0.39 is 28.2 Å². The zero-order chi connectivity index (χ0) is 24.4. The lowest BCUT2D eigenvalue weighted by molar-refractivity contribution is -0.384. The molecule has 0 aliphatic heterocycles. The Balaban J connectivity index is 1.87. The molecule has 0 atom stereocenters. The number of nitro benzene ring substituents is 1. The van der Waals surface area contributed by atoms with E-state index in [4.69, 9.17) is 4.74 Å². The lowest BCUT2D eigenvalue weighted by atomic mass is 10.2. The first-order valence-corrected chi connectivity index (χ1v) is 10.7. The maximum Gasteiger partial charge on any atom is 0.359 e. The lowest BCUT2D eigenvalue weighted by Gasteiger charge is -2.10. The average Bonchev–Trinajstić information content (AvgIpc) is 3.24. The van der Waals surface area contributed by atoms with E-state index in [1.54, 1.807) is 6.92 Å². The number of carbonyl (C=O) groups is 2. The van der Waals surface area contributed by atoms with Gasteiger partial charge in [-0.15, -0.1) is 11.3 Å². The second-order valence-corrected chi connectivity index (χ2v) is 7.73. The van der Waals surface area contributed by atoms with Gasteiger partial charge in [-0.3, -0.25) is 19.7 Å². The van der Waals surface area contributed by atoms with Crippen LogP contribution in [0.3, 0.4) is 0 Å². The summed E-state index contributed by atoms with van der Waals surface area (Å²) in [4.78, 5) is 49.0. The molecule has 0 aliphatic carbocycles. The third-order valence-electron chi connectivity index (χ3n) is 4.75. The molecular weight excluding hydrogens is 467 g/mol. The molecule has 2 aromatic carbocycles. The van der Waals surface area contributed by atoms with Crippen molar-refractivity contribution >= 4 is 44.7 Å². The first-order valence-electron chi connectivity index (χ1n) is 9.84. The van der Waals surface area contributed by atoms with Gasteiger partial charge in [0.25, 0.3) is 17.2 Å². The zero-order valence-corrected chi connectivity index (χ0v) is 18.3. The molecule has 172 valence electrons. The molecule has 0 saturated carbocycles. The van der Waals surface area contributed by atoms with Crippen molar-refractivity contribution in [2.45, 2.75) is 6.92 Å². The Morgan fingerprint density at radius 1 is 1.24 bits per heavy atom. The molecule has 0 radical (unpaired) electrons. The highest BCUT2D eigenvalue weighted by Crippen LogP contribution is 2.31. The zero-order valence-electron chi connectivity index (χ0n) is 17.5. The Bertz CT molecular complexity index is 1510. The number of fused-ring (bicyclic) bond motifs is 1. The van der Waals surface area contributed by atoms with Crippen molar-refractivity contribution in [3.05, 3.63) is 91.5 Å². The number of halogens is 1. The van der Waals surface area contributed by atoms with Gasteiger partial charge in [0.05, 0.1) is 16.9 Å². The number of nitrogens with one attached hydrogen (secondary N) is 1. The Labute approximate surface area is 194 Å². The Morgan fingerprint density at radius 3 is 2.71 bits per heavy atom. The monoisotopic (exact) mass is 482 g/mol. The summed E-state index contributed by atoms with van der Waals surface area (Å²) in [6.45, 7) is 1.64. The largest absolute Gasteiger partial charge is 0.461 e. The van der Waals surface area contributed by atoms with Crippen molar-refractivity contribution in [2.75, 3.05) is 11.9 Å².